The van der Waals surface area contributed by atoms with Gasteiger partial charge in [-0.05, 0) is 18.3 Å². The number of rotatable bonds is 4. The minimum atomic E-state index is 0.0423. The van der Waals surface area contributed by atoms with Crippen molar-refractivity contribution >= 4 is 5.91 Å². The molecule has 0 bridgehead atoms. The van der Waals surface area contributed by atoms with Crippen LogP contribution in [-0.2, 0) is 9.53 Å². The van der Waals surface area contributed by atoms with Crippen molar-refractivity contribution in [1.82, 2.24) is 10.6 Å². The fourth-order valence-corrected chi connectivity index (χ4v) is 1.61. The second-order valence-corrected chi connectivity index (χ2v) is 4.20. The maximum atomic E-state index is 11.0. The van der Waals surface area contributed by atoms with E-state index in [0.717, 1.165) is 32.6 Å². The maximum absolute atomic E-state index is 11.0. The molecule has 0 atom stereocenters. The highest BCUT2D eigenvalue weighted by Crippen LogP contribution is 2.28. The molecule has 0 aromatic rings. The summed E-state index contributed by atoms with van der Waals surface area (Å²) >= 11 is 0. The number of carbonyl (C=O) groups excluding carboxylic acids is 1. The molecule has 1 amide bonds. The summed E-state index contributed by atoms with van der Waals surface area (Å²) in [4.78, 5) is 11.0. The van der Waals surface area contributed by atoms with Gasteiger partial charge in [0.1, 0.15) is 0 Å². The van der Waals surface area contributed by atoms with Crippen LogP contribution >= 0.6 is 0 Å². The third-order valence-corrected chi connectivity index (χ3v) is 2.82. The molecule has 1 saturated heterocycles. The van der Waals surface area contributed by atoms with E-state index in [4.69, 9.17) is 4.74 Å². The van der Waals surface area contributed by atoms with Gasteiger partial charge in [-0.1, -0.05) is 6.92 Å². The van der Waals surface area contributed by atoms with Crippen LogP contribution < -0.4 is 10.6 Å². The van der Waals surface area contributed by atoms with E-state index in [-0.39, 0.29) is 5.91 Å². The lowest BCUT2D eigenvalue weighted by Crippen LogP contribution is -2.40. The molecule has 0 aromatic carbocycles. The minimum absolute atomic E-state index is 0.0423. The summed E-state index contributed by atoms with van der Waals surface area (Å²) < 4.78 is 5.31. The number of likely N-dealkylation sites (N-methyl/N-ethyl adjacent to an activating group) is 1. The smallest absolute Gasteiger partial charge is 0.233 e. The summed E-state index contributed by atoms with van der Waals surface area (Å²) in [5.74, 6) is 0.0423. The van der Waals surface area contributed by atoms with Gasteiger partial charge in [-0.15, -0.1) is 0 Å². The Hall–Kier alpha value is -0.610. The maximum Gasteiger partial charge on any atom is 0.233 e. The molecule has 0 radical (unpaired) electrons. The van der Waals surface area contributed by atoms with E-state index in [2.05, 4.69) is 17.6 Å². The first-order chi connectivity index (χ1) is 6.66. The van der Waals surface area contributed by atoms with Crippen LogP contribution in [0.25, 0.3) is 0 Å². The van der Waals surface area contributed by atoms with E-state index < -0.39 is 0 Å². The van der Waals surface area contributed by atoms with Crippen molar-refractivity contribution in [2.24, 2.45) is 5.41 Å². The van der Waals surface area contributed by atoms with Crippen LogP contribution in [0.2, 0.25) is 0 Å². The number of hydrogen-bond acceptors (Lipinski definition) is 3. The number of hydrogen-bond donors (Lipinski definition) is 2. The van der Waals surface area contributed by atoms with Gasteiger partial charge >= 0.3 is 0 Å². The van der Waals surface area contributed by atoms with Crippen LogP contribution in [0, 0.1) is 5.41 Å². The van der Waals surface area contributed by atoms with E-state index >= 15 is 0 Å². The Morgan fingerprint density at radius 3 is 2.64 bits per heavy atom. The van der Waals surface area contributed by atoms with E-state index in [9.17, 15) is 4.79 Å². The zero-order chi connectivity index (χ0) is 10.4. The summed E-state index contributed by atoms with van der Waals surface area (Å²) in [6, 6.07) is 0. The third kappa shape index (κ3) is 3.64. The predicted octanol–water partition coefficient (Wildman–Crippen LogP) is 0.139. The van der Waals surface area contributed by atoms with Crippen molar-refractivity contribution in [2.45, 2.75) is 19.8 Å². The van der Waals surface area contributed by atoms with Gasteiger partial charge in [-0.25, -0.2) is 0 Å². The Labute approximate surface area is 85.4 Å². The summed E-state index contributed by atoms with van der Waals surface area (Å²) in [5.41, 5.74) is 0.298. The molecule has 14 heavy (non-hydrogen) atoms. The van der Waals surface area contributed by atoms with Gasteiger partial charge in [0.2, 0.25) is 5.91 Å². The molecule has 0 saturated carbocycles. The first-order valence-corrected chi connectivity index (χ1v) is 5.15. The Morgan fingerprint density at radius 2 is 2.07 bits per heavy atom. The van der Waals surface area contributed by atoms with Crippen LogP contribution in [-0.4, -0.2) is 39.3 Å². The monoisotopic (exact) mass is 200 g/mol. The van der Waals surface area contributed by atoms with Gasteiger partial charge in [0.25, 0.3) is 0 Å². The summed E-state index contributed by atoms with van der Waals surface area (Å²) in [7, 11) is 1.65. The van der Waals surface area contributed by atoms with Gasteiger partial charge in [-0.2, -0.15) is 0 Å². The number of ether oxygens (including phenoxy) is 1. The number of amides is 1. The van der Waals surface area contributed by atoms with Crippen LogP contribution in [0.15, 0.2) is 0 Å². The molecule has 0 spiro atoms. The highest BCUT2D eigenvalue weighted by Gasteiger charge is 2.26. The molecule has 0 aromatic heterocycles. The van der Waals surface area contributed by atoms with Crippen molar-refractivity contribution in [2.75, 3.05) is 33.4 Å². The highest BCUT2D eigenvalue weighted by atomic mass is 16.5. The Bertz CT molecular complexity index is 189. The Balaban J connectivity index is 2.18. The molecule has 1 fully saturated rings. The fourth-order valence-electron chi connectivity index (χ4n) is 1.61. The second kappa shape index (κ2) is 5.32. The first-order valence-electron chi connectivity index (χ1n) is 5.15. The molecule has 1 aliphatic heterocycles. The van der Waals surface area contributed by atoms with Gasteiger partial charge in [0, 0.05) is 26.8 Å². The predicted molar refractivity (Wildman–Crippen MR) is 55.1 cm³/mol. The van der Waals surface area contributed by atoms with Crippen LogP contribution in [0.4, 0.5) is 0 Å². The Kier molecular flexibility index (Phi) is 4.35. The molecule has 0 unspecified atom stereocenters. The van der Waals surface area contributed by atoms with Gasteiger partial charge < -0.3 is 15.4 Å². The molecular formula is C10H20N2O2. The van der Waals surface area contributed by atoms with Crippen LogP contribution in [0.3, 0.4) is 0 Å². The van der Waals surface area contributed by atoms with Crippen molar-refractivity contribution in [3.63, 3.8) is 0 Å². The van der Waals surface area contributed by atoms with E-state index in [1.807, 2.05) is 0 Å². The Morgan fingerprint density at radius 1 is 1.43 bits per heavy atom. The van der Waals surface area contributed by atoms with Gasteiger partial charge in [0.05, 0.1) is 6.54 Å². The largest absolute Gasteiger partial charge is 0.381 e. The summed E-state index contributed by atoms with van der Waals surface area (Å²) in [5, 5.41) is 5.77. The lowest BCUT2D eigenvalue weighted by atomic mass is 9.82. The lowest BCUT2D eigenvalue weighted by Gasteiger charge is -2.33. The fraction of sp³-hybridized carbons (Fsp3) is 0.900. The van der Waals surface area contributed by atoms with E-state index in [0.29, 0.717) is 12.0 Å². The summed E-state index contributed by atoms with van der Waals surface area (Å²) in [6.07, 6.45) is 2.15. The topological polar surface area (TPSA) is 50.4 Å². The van der Waals surface area contributed by atoms with Crippen LogP contribution in [0.5, 0.6) is 0 Å². The average Bonchev–Trinajstić information content (AvgIpc) is 2.18. The standard InChI is InChI=1S/C10H20N2O2/c1-10(3-5-14-6-4-10)8-12-7-9(13)11-2/h12H,3-8H2,1-2H3,(H,11,13). The van der Waals surface area contributed by atoms with E-state index in [1.54, 1.807) is 7.05 Å². The number of carbonyl (C=O) groups is 1. The number of nitrogens with one attached hydrogen (secondary N) is 2. The van der Waals surface area contributed by atoms with Crippen molar-refractivity contribution in [1.29, 1.82) is 0 Å². The molecule has 1 heterocycles. The zero-order valence-corrected chi connectivity index (χ0v) is 9.06. The zero-order valence-electron chi connectivity index (χ0n) is 9.06. The SMILES string of the molecule is CNC(=O)CNCC1(C)CCOCC1. The summed E-state index contributed by atoms with van der Waals surface area (Å²) in [6.45, 7) is 5.24. The van der Waals surface area contributed by atoms with Crippen molar-refractivity contribution in [3.05, 3.63) is 0 Å². The molecular weight excluding hydrogens is 180 g/mol. The van der Waals surface area contributed by atoms with Crippen molar-refractivity contribution < 1.29 is 9.53 Å². The first kappa shape index (κ1) is 11.5. The van der Waals surface area contributed by atoms with Gasteiger partial charge in [-0.3, -0.25) is 4.79 Å². The molecule has 0 aliphatic carbocycles. The van der Waals surface area contributed by atoms with Crippen LogP contribution in [0.1, 0.15) is 19.8 Å². The van der Waals surface area contributed by atoms with Gasteiger partial charge in [0.15, 0.2) is 0 Å². The van der Waals surface area contributed by atoms with E-state index in [1.165, 1.54) is 0 Å². The third-order valence-electron chi connectivity index (χ3n) is 2.82. The molecule has 2 N–H and O–H groups in total. The highest BCUT2D eigenvalue weighted by molar-refractivity contribution is 5.77. The molecule has 1 rings (SSSR count). The normalized spacial score (nSPS) is 20.4. The molecule has 4 nitrogen and oxygen atoms in total. The quantitative estimate of drug-likeness (QED) is 0.678. The molecule has 1 aliphatic rings. The van der Waals surface area contributed by atoms with Crippen molar-refractivity contribution in [3.8, 4) is 0 Å². The molecule has 82 valence electrons. The minimum Gasteiger partial charge on any atom is -0.381 e. The molecule has 4 heteroatoms. The average molecular weight is 200 g/mol. The second-order valence-electron chi connectivity index (χ2n) is 4.20. The lowest BCUT2D eigenvalue weighted by molar-refractivity contribution is -0.119.